The Bertz CT molecular complexity index is 850. The summed E-state index contributed by atoms with van der Waals surface area (Å²) in [6, 6.07) is 18.6. The van der Waals surface area contributed by atoms with Gasteiger partial charge in [0.1, 0.15) is 6.04 Å². The van der Waals surface area contributed by atoms with Crippen molar-refractivity contribution in [3.05, 3.63) is 71.8 Å². The van der Waals surface area contributed by atoms with Gasteiger partial charge in [-0.15, -0.1) is 0 Å². The molecule has 6 nitrogen and oxygen atoms in total. The molecule has 0 aromatic heterocycles. The molecule has 0 radical (unpaired) electrons. The maximum Gasteiger partial charge on any atom is 0.265 e. The Balaban J connectivity index is 1.63. The lowest BCUT2D eigenvalue weighted by atomic mass is 10.0. The quantitative estimate of drug-likeness (QED) is 0.724. The summed E-state index contributed by atoms with van der Waals surface area (Å²) in [6.45, 7) is 4.61. The van der Waals surface area contributed by atoms with Crippen molar-refractivity contribution in [3.63, 3.8) is 0 Å². The highest BCUT2D eigenvalue weighted by Gasteiger charge is 2.32. The lowest BCUT2D eigenvalue weighted by Gasteiger charge is -2.20. The molecule has 0 fully saturated rings. The molecule has 0 aliphatic carbocycles. The van der Waals surface area contributed by atoms with Crippen molar-refractivity contribution in [3.8, 4) is 0 Å². The van der Waals surface area contributed by atoms with Crippen LogP contribution in [0.4, 0.5) is 0 Å². The van der Waals surface area contributed by atoms with Crippen molar-refractivity contribution in [2.45, 2.75) is 38.8 Å². The lowest BCUT2D eigenvalue weighted by molar-refractivity contribution is -0.135. The fourth-order valence-corrected chi connectivity index (χ4v) is 3.07. The highest BCUT2D eigenvalue weighted by atomic mass is 16.6. The van der Waals surface area contributed by atoms with E-state index in [2.05, 4.69) is 15.8 Å². The van der Waals surface area contributed by atoms with Crippen LogP contribution in [0.2, 0.25) is 0 Å². The van der Waals surface area contributed by atoms with Crippen LogP contribution in [0.1, 0.15) is 31.4 Å². The second kappa shape index (κ2) is 9.87. The summed E-state index contributed by atoms with van der Waals surface area (Å²) in [5, 5.41) is 9.82. The van der Waals surface area contributed by atoms with Crippen LogP contribution in [0.15, 0.2) is 65.8 Å². The average Bonchev–Trinajstić information content (AvgIpc) is 3.23. The summed E-state index contributed by atoms with van der Waals surface area (Å²) in [4.78, 5) is 30.8. The molecule has 1 aliphatic rings. The van der Waals surface area contributed by atoms with Crippen molar-refractivity contribution in [2.24, 2.45) is 11.1 Å². The Hall–Kier alpha value is -3.15. The second-order valence-corrected chi connectivity index (χ2v) is 7.59. The van der Waals surface area contributed by atoms with Crippen molar-refractivity contribution >= 4 is 17.5 Å². The van der Waals surface area contributed by atoms with Gasteiger partial charge in [-0.1, -0.05) is 79.7 Å². The van der Waals surface area contributed by atoms with Gasteiger partial charge < -0.3 is 15.5 Å². The number of nitrogens with one attached hydrogen (secondary N) is 2. The zero-order chi connectivity index (χ0) is 20.6. The molecular weight excluding hydrogens is 366 g/mol. The molecule has 1 aliphatic heterocycles. The van der Waals surface area contributed by atoms with Gasteiger partial charge in [-0.25, -0.2) is 0 Å². The molecule has 152 valence electrons. The molecule has 0 spiro atoms. The largest absolute Gasteiger partial charge is 0.382 e. The summed E-state index contributed by atoms with van der Waals surface area (Å²) in [6.07, 6.45) is 0.0540. The van der Waals surface area contributed by atoms with Gasteiger partial charge in [-0.05, 0) is 17.0 Å². The van der Waals surface area contributed by atoms with Gasteiger partial charge >= 0.3 is 0 Å². The van der Waals surface area contributed by atoms with E-state index >= 15 is 0 Å². The zero-order valence-electron chi connectivity index (χ0n) is 16.8. The van der Waals surface area contributed by atoms with Crippen molar-refractivity contribution in [1.29, 1.82) is 0 Å². The predicted octanol–water partition coefficient (Wildman–Crippen LogP) is 2.68. The number of hydrogen-bond acceptors (Lipinski definition) is 4. The van der Waals surface area contributed by atoms with E-state index in [4.69, 9.17) is 4.84 Å². The van der Waals surface area contributed by atoms with Gasteiger partial charge in [0.2, 0.25) is 12.0 Å². The van der Waals surface area contributed by atoms with E-state index in [0.717, 1.165) is 16.8 Å². The molecule has 2 N–H and O–H groups in total. The average molecular weight is 393 g/mol. The fourth-order valence-electron chi connectivity index (χ4n) is 3.07. The minimum Gasteiger partial charge on any atom is -0.382 e. The van der Waals surface area contributed by atoms with E-state index in [9.17, 15) is 9.59 Å². The topological polar surface area (TPSA) is 79.8 Å². The van der Waals surface area contributed by atoms with Gasteiger partial charge in [0.15, 0.2) is 0 Å². The first kappa shape index (κ1) is 20.6. The summed E-state index contributed by atoms with van der Waals surface area (Å²) in [5.74, 6) is -0.203. The third kappa shape index (κ3) is 5.91. The van der Waals surface area contributed by atoms with Crippen LogP contribution in [0.5, 0.6) is 0 Å². The van der Waals surface area contributed by atoms with Crippen LogP contribution in [-0.2, 0) is 20.8 Å². The molecule has 2 amide bonds. The Morgan fingerprint density at radius 2 is 1.72 bits per heavy atom. The maximum absolute atomic E-state index is 12.8. The Kier molecular flexibility index (Phi) is 7.00. The van der Waals surface area contributed by atoms with Crippen LogP contribution in [0, 0.1) is 5.92 Å². The molecule has 29 heavy (non-hydrogen) atoms. The van der Waals surface area contributed by atoms with Crippen molar-refractivity contribution < 1.29 is 14.4 Å². The van der Waals surface area contributed by atoms with E-state index < -0.39 is 12.1 Å². The molecule has 0 saturated heterocycles. The monoisotopic (exact) mass is 393 g/mol. The van der Waals surface area contributed by atoms with Gasteiger partial charge in [0, 0.05) is 19.4 Å². The molecule has 2 aromatic carbocycles. The predicted molar refractivity (Wildman–Crippen MR) is 112 cm³/mol. The van der Waals surface area contributed by atoms with Crippen LogP contribution in [-0.4, -0.2) is 36.2 Å². The molecule has 0 bridgehead atoms. The standard InChI is InChI=1S/C23H27N3O3/c1-16(2)15-24-22(27)20(13-17-9-5-3-6-10-17)25-23(28)21-14-19(26-29-21)18-11-7-4-8-12-18/h3-12,16,20-21H,13-15H2,1-2H3,(H,24,27)(H,25,28)/t20-,21-/m1/s1. The number of amides is 2. The molecular formula is C23H27N3O3. The van der Waals surface area contributed by atoms with Gasteiger partial charge in [0.05, 0.1) is 5.71 Å². The third-order valence-corrected chi connectivity index (χ3v) is 4.67. The number of hydrogen-bond donors (Lipinski definition) is 2. The number of carbonyl (C=O) groups is 2. The van der Waals surface area contributed by atoms with E-state index in [1.54, 1.807) is 0 Å². The Labute approximate surface area is 171 Å². The van der Waals surface area contributed by atoms with Gasteiger partial charge in [0.25, 0.3) is 5.91 Å². The Morgan fingerprint density at radius 3 is 2.38 bits per heavy atom. The maximum atomic E-state index is 12.8. The molecule has 6 heteroatoms. The summed E-state index contributed by atoms with van der Waals surface area (Å²) >= 11 is 0. The zero-order valence-corrected chi connectivity index (χ0v) is 16.8. The SMILES string of the molecule is CC(C)CNC(=O)[C@@H](Cc1ccccc1)NC(=O)[C@H]1CC(c2ccccc2)=NO1. The molecule has 1 heterocycles. The number of rotatable bonds is 8. The van der Waals surface area contributed by atoms with E-state index in [-0.39, 0.29) is 11.8 Å². The van der Waals surface area contributed by atoms with Crippen molar-refractivity contribution in [2.75, 3.05) is 6.54 Å². The minimum atomic E-state index is -0.735. The smallest absolute Gasteiger partial charge is 0.265 e. The second-order valence-electron chi connectivity index (χ2n) is 7.59. The summed E-state index contributed by atoms with van der Waals surface area (Å²) in [5.41, 5.74) is 2.64. The van der Waals surface area contributed by atoms with E-state index in [1.165, 1.54) is 0 Å². The third-order valence-electron chi connectivity index (χ3n) is 4.67. The summed E-state index contributed by atoms with van der Waals surface area (Å²) < 4.78 is 0. The fraction of sp³-hybridized carbons (Fsp3) is 0.348. The van der Waals surface area contributed by atoms with E-state index in [1.807, 2.05) is 74.5 Å². The molecule has 0 saturated carbocycles. The van der Waals surface area contributed by atoms with Crippen LogP contribution < -0.4 is 10.6 Å². The first-order chi connectivity index (χ1) is 14.0. The highest BCUT2D eigenvalue weighted by molar-refractivity contribution is 6.04. The highest BCUT2D eigenvalue weighted by Crippen LogP contribution is 2.17. The van der Waals surface area contributed by atoms with Crippen molar-refractivity contribution in [1.82, 2.24) is 10.6 Å². The first-order valence-electron chi connectivity index (χ1n) is 9.93. The molecule has 2 atom stereocenters. The lowest BCUT2D eigenvalue weighted by Crippen LogP contribution is -2.51. The molecule has 3 rings (SSSR count). The van der Waals surface area contributed by atoms with Crippen LogP contribution >= 0.6 is 0 Å². The summed E-state index contributed by atoms with van der Waals surface area (Å²) in [7, 11) is 0. The number of carbonyl (C=O) groups excluding carboxylic acids is 2. The first-order valence-corrected chi connectivity index (χ1v) is 9.93. The number of benzene rings is 2. The van der Waals surface area contributed by atoms with E-state index in [0.29, 0.717) is 25.3 Å². The minimum absolute atomic E-state index is 0.196. The Morgan fingerprint density at radius 1 is 1.07 bits per heavy atom. The molecule has 0 unspecified atom stereocenters. The molecule has 2 aromatic rings. The normalized spacial score (nSPS) is 16.7. The van der Waals surface area contributed by atoms with Gasteiger partial charge in [-0.2, -0.15) is 0 Å². The number of oxime groups is 1. The number of nitrogens with zero attached hydrogens (tertiary/aromatic N) is 1. The van der Waals surface area contributed by atoms with Gasteiger partial charge in [-0.3, -0.25) is 9.59 Å². The van der Waals surface area contributed by atoms with Crippen LogP contribution in [0.25, 0.3) is 0 Å². The van der Waals surface area contributed by atoms with Crippen LogP contribution in [0.3, 0.4) is 0 Å².